The maximum atomic E-state index is 11.6. The van der Waals surface area contributed by atoms with Crippen molar-refractivity contribution in [3.05, 3.63) is 29.8 Å². The van der Waals surface area contributed by atoms with Gasteiger partial charge in [0.05, 0.1) is 5.75 Å². The standard InChI is InChI=1S/C10H12O5S/c1-7(10(12)13)16(14,15)6-8-2-4-9(11)5-3-8/h2-5,7,11H,6H2,1H3,(H,12,13). The van der Waals surface area contributed by atoms with Gasteiger partial charge in [-0.1, -0.05) is 12.1 Å². The van der Waals surface area contributed by atoms with E-state index < -0.39 is 21.1 Å². The summed E-state index contributed by atoms with van der Waals surface area (Å²) < 4.78 is 23.2. The van der Waals surface area contributed by atoms with Gasteiger partial charge in [0.2, 0.25) is 0 Å². The van der Waals surface area contributed by atoms with Gasteiger partial charge < -0.3 is 10.2 Å². The number of carboxylic acids is 1. The molecule has 1 unspecified atom stereocenters. The molecule has 0 saturated carbocycles. The minimum Gasteiger partial charge on any atom is -0.508 e. The Hall–Kier alpha value is -1.56. The number of carboxylic acid groups (broad SMARTS) is 1. The van der Waals surface area contributed by atoms with Gasteiger partial charge in [-0.05, 0) is 24.6 Å². The van der Waals surface area contributed by atoms with Gasteiger partial charge in [-0.15, -0.1) is 0 Å². The predicted octanol–water partition coefficient (Wildman–Crippen LogP) is 0.780. The fourth-order valence-electron chi connectivity index (χ4n) is 1.10. The fraction of sp³-hybridized carbons (Fsp3) is 0.300. The van der Waals surface area contributed by atoms with Gasteiger partial charge >= 0.3 is 5.97 Å². The van der Waals surface area contributed by atoms with Gasteiger partial charge in [0, 0.05) is 0 Å². The Bertz CT molecular complexity index is 474. The quantitative estimate of drug-likeness (QED) is 0.816. The number of phenols is 1. The first-order valence-electron chi connectivity index (χ1n) is 4.55. The second-order valence-corrected chi connectivity index (χ2v) is 5.78. The second-order valence-electron chi connectivity index (χ2n) is 3.45. The molecule has 0 heterocycles. The summed E-state index contributed by atoms with van der Waals surface area (Å²) in [6.45, 7) is 1.14. The van der Waals surface area contributed by atoms with E-state index in [2.05, 4.69) is 0 Å². The number of rotatable bonds is 4. The zero-order valence-electron chi connectivity index (χ0n) is 8.62. The Morgan fingerprint density at radius 3 is 2.25 bits per heavy atom. The third-order valence-electron chi connectivity index (χ3n) is 2.19. The van der Waals surface area contributed by atoms with E-state index in [1.54, 1.807) is 0 Å². The lowest BCUT2D eigenvalue weighted by molar-refractivity contribution is -0.136. The summed E-state index contributed by atoms with van der Waals surface area (Å²) in [4.78, 5) is 10.6. The van der Waals surface area contributed by atoms with Gasteiger partial charge in [-0.25, -0.2) is 8.42 Å². The molecule has 0 bridgehead atoms. The molecule has 2 N–H and O–H groups in total. The van der Waals surface area contributed by atoms with Crippen LogP contribution in [0.4, 0.5) is 0 Å². The predicted molar refractivity (Wildman–Crippen MR) is 57.8 cm³/mol. The summed E-state index contributed by atoms with van der Waals surface area (Å²) >= 11 is 0. The molecule has 0 aliphatic rings. The Morgan fingerprint density at radius 2 is 1.81 bits per heavy atom. The Balaban J connectivity index is 2.89. The smallest absolute Gasteiger partial charge is 0.321 e. The molecule has 0 aromatic heterocycles. The molecule has 1 aromatic carbocycles. The molecule has 0 aliphatic heterocycles. The van der Waals surface area contributed by atoms with Crippen LogP contribution in [0.2, 0.25) is 0 Å². The van der Waals surface area contributed by atoms with Gasteiger partial charge in [-0.2, -0.15) is 0 Å². The van der Waals surface area contributed by atoms with Crippen molar-refractivity contribution >= 4 is 15.8 Å². The number of benzene rings is 1. The van der Waals surface area contributed by atoms with Crippen molar-refractivity contribution in [2.24, 2.45) is 0 Å². The summed E-state index contributed by atoms with van der Waals surface area (Å²) in [6, 6.07) is 5.61. The summed E-state index contributed by atoms with van der Waals surface area (Å²) in [5.41, 5.74) is 0.450. The molecular formula is C10H12O5S. The van der Waals surface area contributed by atoms with Crippen LogP contribution in [0, 0.1) is 0 Å². The van der Waals surface area contributed by atoms with Crippen LogP contribution in [0.3, 0.4) is 0 Å². The lowest BCUT2D eigenvalue weighted by Gasteiger charge is -2.08. The topological polar surface area (TPSA) is 91.7 Å². The maximum absolute atomic E-state index is 11.6. The van der Waals surface area contributed by atoms with Crippen LogP contribution < -0.4 is 0 Å². The highest BCUT2D eigenvalue weighted by Crippen LogP contribution is 2.15. The summed E-state index contributed by atoms with van der Waals surface area (Å²) in [7, 11) is -3.71. The van der Waals surface area contributed by atoms with Crippen LogP contribution in [0.1, 0.15) is 12.5 Å². The molecule has 0 fully saturated rings. The third-order valence-corrected chi connectivity index (χ3v) is 4.21. The highest BCUT2D eigenvalue weighted by atomic mass is 32.2. The van der Waals surface area contributed by atoms with Crippen LogP contribution in [0.25, 0.3) is 0 Å². The molecule has 6 heteroatoms. The first kappa shape index (κ1) is 12.5. The minimum absolute atomic E-state index is 0.0347. The van der Waals surface area contributed by atoms with Crippen molar-refractivity contribution in [1.82, 2.24) is 0 Å². The van der Waals surface area contributed by atoms with E-state index in [9.17, 15) is 13.2 Å². The van der Waals surface area contributed by atoms with Crippen LogP contribution in [0.15, 0.2) is 24.3 Å². The number of aliphatic carboxylic acids is 1. The van der Waals surface area contributed by atoms with E-state index in [1.165, 1.54) is 24.3 Å². The molecule has 0 spiro atoms. The molecule has 1 atom stereocenters. The van der Waals surface area contributed by atoms with Crippen molar-refractivity contribution in [3.63, 3.8) is 0 Å². The number of hydrogen-bond acceptors (Lipinski definition) is 4. The largest absolute Gasteiger partial charge is 0.508 e. The van der Waals surface area contributed by atoms with Crippen molar-refractivity contribution in [3.8, 4) is 5.75 Å². The fourth-order valence-corrected chi connectivity index (χ4v) is 2.32. The first-order valence-corrected chi connectivity index (χ1v) is 6.27. The van der Waals surface area contributed by atoms with Crippen LogP contribution in [-0.4, -0.2) is 29.9 Å². The summed E-state index contributed by atoms with van der Waals surface area (Å²) in [6.07, 6.45) is 0. The molecule has 5 nitrogen and oxygen atoms in total. The number of aromatic hydroxyl groups is 1. The van der Waals surface area contributed by atoms with E-state index in [-0.39, 0.29) is 11.5 Å². The van der Waals surface area contributed by atoms with Crippen molar-refractivity contribution in [2.75, 3.05) is 0 Å². The molecule has 1 rings (SSSR count). The van der Waals surface area contributed by atoms with Gasteiger partial charge in [-0.3, -0.25) is 4.79 Å². The first-order chi connectivity index (χ1) is 7.33. The van der Waals surface area contributed by atoms with Crippen LogP contribution in [0.5, 0.6) is 5.75 Å². The molecule has 0 aliphatic carbocycles. The number of hydrogen-bond donors (Lipinski definition) is 2. The van der Waals surface area contributed by atoms with Gasteiger partial charge in [0.25, 0.3) is 0 Å². The highest BCUT2D eigenvalue weighted by Gasteiger charge is 2.27. The van der Waals surface area contributed by atoms with E-state index in [1.807, 2.05) is 0 Å². The normalized spacial score (nSPS) is 13.3. The SMILES string of the molecule is CC(C(=O)O)S(=O)(=O)Cc1ccc(O)cc1. The molecular weight excluding hydrogens is 232 g/mol. The lowest BCUT2D eigenvalue weighted by Crippen LogP contribution is -2.28. The van der Waals surface area contributed by atoms with Crippen LogP contribution in [-0.2, 0) is 20.4 Å². The summed E-state index contributed by atoms with van der Waals surface area (Å²) in [5, 5.41) is 16.2. The molecule has 0 radical (unpaired) electrons. The molecule has 1 aromatic rings. The van der Waals surface area contributed by atoms with E-state index >= 15 is 0 Å². The Morgan fingerprint density at radius 1 is 1.31 bits per heavy atom. The molecule has 0 amide bonds. The third kappa shape index (κ3) is 2.96. The number of sulfone groups is 1. The van der Waals surface area contributed by atoms with Crippen molar-refractivity contribution in [2.45, 2.75) is 17.9 Å². The molecule has 16 heavy (non-hydrogen) atoms. The van der Waals surface area contributed by atoms with Gasteiger partial charge in [0.15, 0.2) is 15.1 Å². The Labute approximate surface area is 93.3 Å². The lowest BCUT2D eigenvalue weighted by atomic mass is 10.2. The van der Waals surface area contributed by atoms with Crippen molar-refractivity contribution < 1.29 is 23.4 Å². The van der Waals surface area contributed by atoms with E-state index in [4.69, 9.17) is 10.2 Å². The van der Waals surface area contributed by atoms with Crippen LogP contribution >= 0.6 is 0 Å². The summed E-state index contributed by atoms with van der Waals surface area (Å²) in [5.74, 6) is -1.67. The zero-order valence-corrected chi connectivity index (χ0v) is 9.44. The number of carbonyl (C=O) groups is 1. The highest BCUT2D eigenvalue weighted by molar-refractivity contribution is 7.91. The maximum Gasteiger partial charge on any atom is 0.321 e. The minimum atomic E-state index is -3.71. The average molecular weight is 244 g/mol. The Kier molecular flexibility index (Phi) is 3.54. The van der Waals surface area contributed by atoms with E-state index in [0.29, 0.717) is 5.56 Å². The molecule has 0 saturated heterocycles. The zero-order chi connectivity index (χ0) is 12.3. The van der Waals surface area contributed by atoms with Gasteiger partial charge in [0.1, 0.15) is 5.75 Å². The monoisotopic (exact) mass is 244 g/mol. The number of phenolic OH excluding ortho intramolecular Hbond substituents is 1. The average Bonchev–Trinajstić information content (AvgIpc) is 2.20. The van der Waals surface area contributed by atoms with Crippen molar-refractivity contribution in [1.29, 1.82) is 0 Å². The van der Waals surface area contributed by atoms with E-state index in [0.717, 1.165) is 6.92 Å². The molecule has 88 valence electrons. The second kappa shape index (κ2) is 4.52.